The van der Waals surface area contributed by atoms with E-state index < -0.39 is 41.4 Å². The fourth-order valence-corrected chi connectivity index (χ4v) is 3.43. The summed E-state index contributed by atoms with van der Waals surface area (Å²) in [7, 11) is 0. The molecule has 3 aromatic rings. The van der Waals surface area contributed by atoms with Crippen LogP contribution < -0.4 is 26.7 Å². The van der Waals surface area contributed by atoms with E-state index in [1.165, 1.54) is 18.4 Å². The number of fused-ring (bicyclic) bond motifs is 1. The van der Waals surface area contributed by atoms with Gasteiger partial charge >= 0.3 is 12.4 Å². The van der Waals surface area contributed by atoms with Crippen LogP contribution in [-0.2, 0) is 23.6 Å². The van der Waals surface area contributed by atoms with E-state index in [1.54, 1.807) is 23.1 Å². The Kier molecular flexibility index (Phi) is 5.75. The lowest BCUT2D eigenvalue weighted by atomic mass is 10.0. The summed E-state index contributed by atoms with van der Waals surface area (Å²) in [5, 5.41) is 3.09. The Labute approximate surface area is 188 Å². The predicted octanol–water partition coefficient (Wildman–Crippen LogP) is 3.62. The van der Waals surface area contributed by atoms with Crippen LogP contribution in [0.2, 0.25) is 0 Å². The number of nitrogens with one attached hydrogen (secondary N) is 1. The van der Waals surface area contributed by atoms with Gasteiger partial charge in [0.1, 0.15) is 12.5 Å². The molecule has 6 nitrogen and oxygen atoms in total. The minimum atomic E-state index is -4.99. The van der Waals surface area contributed by atoms with Gasteiger partial charge in [0.15, 0.2) is 0 Å². The summed E-state index contributed by atoms with van der Waals surface area (Å²) in [6.07, 6.45) is -9.19. The standard InChI is InChI=1S/C22H16F6N4O2/c23-21(24,25)13-7-12(8-14(10-13)22(26,27)28)9-18(33)31-15-1-3-16(4-2-15)32-11-30-20-17(19(32)29)5-6-34-20/h1-8,10H,9,11,29H2,(H,31,33). The van der Waals surface area contributed by atoms with Crippen LogP contribution in [0.3, 0.4) is 0 Å². The van der Waals surface area contributed by atoms with E-state index in [4.69, 9.17) is 10.2 Å². The van der Waals surface area contributed by atoms with Crippen LogP contribution >= 0.6 is 0 Å². The first-order valence-corrected chi connectivity index (χ1v) is 9.75. The average Bonchev–Trinajstić information content (AvgIpc) is 3.23. The molecule has 0 bridgehead atoms. The Morgan fingerprint density at radius 3 is 2.21 bits per heavy atom. The van der Waals surface area contributed by atoms with Gasteiger partial charge in [-0.3, -0.25) is 4.79 Å². The number of carbonyl (C=O) groups excluding carboxylic acids is 1. The molecule has 0 fully saturated rings. The quantitative estimate of drug-likeness (QED) is 0.557. The molecule has 0 radical (unpaired) electrons. The molecule has 4 rings (SSSR count). The van der Waals surface area contributed by atoms with Crippen LogP contribution in [0.5, 0.6) is 0 Å². The van der Waals surface area contributed by atoms with Crippen molar-refractivity contribution in [2.24, 2.45) is 10.7 Å². The molecule has 34 heavy (non-hydrogen) atoms. The van der Waals surface area contributed by atoms with Gasteiger partial charge < -0.3 is 20.4 Å². The zero-order valence-electron chi connectivity index (χ0n) is 17.2. The summed E-state index contributed by atoms with van der Waals surface area (Å²) < 4.78 is 83.3. The molecule has 1 aliphatic rings. The van der Waals surface area contributed by atoms with Crippen molar-refractivity contribution in [2.75, 3.05) is 16.9 Å². The van der Waals surface area contributed by atoms with Crippen molar-refractivity contribution in [2.45, 2.75) is 18.8 Å². The Morgan fingerprint density at radius 2 is 1.62 bits per heavy atom. The highest BCUT2D eigenvalue weighted by atomic mass is 19.4. The molecule has 0 atom stereocenters. The highest BCUT2D eigenvalue weighted by Crippen LogP contribution is 2.36. The first-order chi connectivity index (χ1) is 15.9. The topological polar surface area (TPSA) is 83.9 Å². The van der Waals surface area contributed by atoms with Crippen LogP contribution in [0.25, 0.3) is 5.82 Å². The average molecular weight is 482 g/mol. The summed E-state index contributed by atoms with van der Waals surface area (Å²) in [5.74, 6) is -0.358. The van der Waals surface area contributed by atoms with E-state index in [9.17, 15) is 31.1 Å². The molecular formula is C22H16F6N4O2. The molecule has 1 aliphatic heterocycles. The van der Waals surface area contributed by atoms with Crippen LogP contribution in [0.1, 0.15) is 16.7 Å². The number of halogens is 6. The summed E-state index contributed by atoms with van der Waals surface area (Å²) in [6, 6.07) is 9.07. The highest BCUT2D eigenvalue weighted by Gasteiger charge is 2.37. The van der Waals surface area contributed by atoms with Crippen molar-refractivity contribution in [3.63, 3.8) is 0 Å². The molecule has 0 aliphatic carbocycles. The summed E-state index contributed by atoms with van der Waals surface area (Å²) in [4.78, 5) is 18.3. The van der Waals surface area contributed by atoms with Crippen molar-refractivity contribution in [1.29, 1.82) is 0 Å². The van der Waals surface area contributed by atoms with Crippen molar-refractivity contribution in [1.82, 2.24) is 0 Å². The number of rotatable bonds is 4. The number of hydrogen-bond acceptors (Lipinski definition) is 5. The predicted molar refractivity (Wildman–Crippen MR) is 110 cm³/mol. The second kappa shape index (κ2) is 8.43. The minimum absolute atomic E-state index is 0.0161. The van der Waals surface area contributed by atoms with Gasteiger partial charge in [-0.05, 0) is 54.1 Å². The maximum absolute atomic E-state index is 13.0. The molecule has 0 saturated carbocycles. The van der Waals surface area contributed by atoms with Gasteiger partial charge in [-0.2, -0.15) is 26.3 Å². The van der Waals surface area contributed by atoms with Crippen LogP contribution in [0.15, 0.2) is 64.2 Å². The number of nitrogens with two attached hydrogens (primary N) is 1. The third-order valence-electron chi connectivity index (χ3n) is 5.04. The Hall–Kier alpha value is -3.96. The lowest BCUT2D eigenvalue weighted by Gasteiger charge is -2.24. The number of nitrogens with zero attached hydrogens (tertiary/aromatic N) is 2. The lowest BCUT2D eigenvalue weighted by molar-refractivity contribution is -0.143. The third kappa shape index (κ3) is 4.85. The molecule has 178 valence electrons. The number of anilines is 2. The third-order valence-corrected chi connectivity index (χ3v) is 5.04. The van der Waals surface area contributed by atoms with Gasteiger partial charge in [0.05, 0.1) is 29.0 Å². The van der Waals surface area contributed by atoms with Crippen LogP contribution in [0.4, 0.5) is 37.7 Å². The van der Waals surface area contributed by atoms with E-state index in [0.29, 0.717) is 40.1 Å². The minimum Gasteiger partial charge on any atom is -0.446 e. The molecule has 3 N–H and O–H groups in total. The largest absolute Gasteiger partial charge is 0.446 e. The number of carbonyl (C=O) groups is 1. The number of hydrogen-bond donors (Lipinski definition) is 2. The second-order valence-corrected chi connectivity index (χ2v) is 7.44. The monoisotopic (exact) mass is 482 g/mol. The smallest absolute Gasteiger partial charge is 0.416 e. The SMILES string of the molecule is NC1=c2ccoc2=NCN1c1ccc(NC(=O)Cc2cc(C(F)(F)F)cc(C(F)(F)F)c2)cc1. The van der Waals surface area contributed by atoms with E-state index in [0.717, 1.165) is 0 Å². The zero-order valence-corrected chi connectivity index (χ0v) is 17.2. The molecule has 2 heterocycles. The van der Waals surface area contributed by atoms with E-state index in [2.05, 4.69) is 10.3 Å². The van der Waals surface area contributed by atoms with Gasteiger partial charge in [-0.25, -0.2) is 4.99 Å². The highest BCUT2D eigenvalue weighted by molar-refractivity contribution is 5.92. The number of benzene rings is 2. The number of alkyl halides is 6. The van der Waals surface area contributed by atoms with Gasteiger partial charge in [0, 0.05) is 11.4 Å². The van der Waals surface area contributed by atoms with E-state index in [1.807, 2.05) is 0 Å². The molecule has 0 saturated heterocycles. The van der Waals surface area contributed by atoms with Gasteiger partial charge in [0.2, 0.25) is 11.5 Å². The molecule has 12 heteroatoms. The maximum atomic E-state index is 13.0. The van der Waals surface area contributed by atoms with E-state index in [-0.39, 0.29) is 12.7 Å². The van der Waals surface area contributed by atoms with Gasteiger partial charge in [-0.15, -0.1) is 0 Å². The Balaban J connectivity index is 1.49. The molecular weight excluding hydrogens is 466 g/mol. The molecule has 2 aromatic carbocycles. The van der Waals surface area contributed by atoms with Crippen molar-refractivity contribution in [3.8, 4) is 0 Å². The molecule has 0 unspecified atom stereocenters. The van der Waals surface area contributed by atoms with Crippen molar-refractivity contribution in [3.05, 3.63) is 82.3 Å². The van der Waals surface area contributed by atoms with Crippen LogP contribution in [0, 0.1) is 0 Å². The fraction of sp³-hybridized carbons (Fsp3) is 0.182. The maximum Gasteiger partial charge on any atom is 0.416 e. The van der Waals surface area contributed by atoms with Crippen LogP contribution in [-0.4, -0.2) is 12.6 Å². The first kappa shape index (κ1) is 23.2. The normalized spacial score (nSPS) is 13.9. The first-order valence-electron chi connectivity index (χ1n) is 9.75. The molecule has 1 aromatic heterocycles. The summed E-state index contributed by atoms with van der Waals surface area (Å²) in [5.41, 5.74) is 4.15. The molecule has 0 spiro atoms. The molecule has 1 amide bonds. The van der Waals surface area contributed by atoms with Crippen molar-refractivity contribution < 1.29 is 35.6 Å². The number of furan rings is 1. The Morgan fingerprint density at radius 1 is 1.00 bits per heavy atom. The lowest BCUT2D eigenvalue weighted by Crippen LogP contribution is -2.42. The summed E-state index contributed by atoms with van der Waals surface area (Å²) in [6.45, 7) is 0.204. The van der Waals surface area contributed by atoms with Gasteiger partial charge in [0.25, 0.3) is 0 Å². The summed E-state index contributed by atoms with van der Waals surface area (Å²) >= 11 is 0. The van der Waals surface area contributed by atoms with Gasteiger partial charge in [-0.1, -0.05) is 0 Å². The number of amides is 1. The zero-order chi connectivity index (χ0) is 24.7. The van der Waals surface area contributed by atoms with E-state index >= 15 is 0 Å². The second-order valence-electron chi connectivity index (χ2n) is 7.44. The van der Waals surface area contributed by atoms with Crippen molar-refractivity contribution >= 4 is 23.1 Å². The fourth-order valence-electron chi connectivity index (χ4n) is 3.43. The Bertz CT molecular complexity index is 1310.